The van der Waals surface area contributed by atoms with Gasteiger partial charge in [0.2, 0.25) is 0 Å². The predicted octanol–water partition coefficient (Wildman–Crippen LogP) is 3.61. The average molecular weight is 346 g/mol. The summed E-state index contributed by atoms with van der Waals surface area (Å²) in [4.78, 5) is 12.3. The van der Waals surface area contributed by atoms with E-state index in [0.29, 0.717) is 12.5 Å². The molecule has 1 unspecified atom stereocenters. The van der Waals surface area contributed by atoms with E-state index < -0.39 is 17.3 Å². The van der Waals surface area contributed by atoms with E-state index in [-0.39, 0.29) is 12.2 Å². The second kappa shape index (κ2) is 7.18. The molecule has 0 fully saturated rings. The minimum atomic E-state index is -1.20. The summed E-state index contributed by atoms with van der Waals surface area (Å²) < 4.78 is 19.9. The smallest absolute Gasteiger partial charge is 0.330 e. The minimum Gasteiger partial charge on any atom is -0.464 e. The molecule has 1 aromatic carbocycles. The van der Waals surface area contributed by atoms with E-state index in [1.807, 2.05) is 13.8 Å². The fourth-order valence-corrected chi connectivity index (χ4v) is 2.20. The maximum atomic E-state index is 14.1. The highest BCUT2D eigenvalue weighted by Gasteiger charge is 2.38. The van der Waals surface area contributed by atoms with Crippen LogP contribution in [0, 0.1) is 11.7 Å². The number of benzene rings is 1. The maximum absolute atomic E-state index is 14.1. The van der Waals surface area contributed by atoms with Crippen molar-refractivity contribution in [3.05, 3.63) is 34.1 Å². The standard InChI is InChI=1S/C15H21BrFNO2/c1-5-20-14(19)15(4,18-9-10(2)3)12-8-11(16)6-7-13(12)17/h6-8,10,18H,5,9H2,1-4H3. The molecule has 20 heavy (non-hydrogen) atoms. The summed E-state index contributed by atoms with van der Waals surface area (Å²) in [6.07, 6.45) is 0. The van der Waals surface area contributed by atoms with E-state index in [2.05, 4.69) is 21.2 Å². The molecule has 0 radical (unpaired) electrons. The lowest BCUT2D eigenvalue weighted by molar-refractivity contribution is -0.151. The SMILES string of the molecule is CCOC(=O)C(C)(NCC(C)C)c1cc(Br)ccc1F. The van der Waals surface area contributed by atoms with Crippen LogP contribution in [0.25, 0.3) is 0 Å². The Hall–Kier alpha value is -0.940. The van der Waals surface area contributed by atoms with E-state index in [4.69, 9.17) is 4.74 Å². The molecule has 0 aliphatic carbocycles. The number of esters is 1. The molecule has 5 heteroatoms. The molecular weight excluding hydrogens is 325 g/mol. The van der Waals surface area contributed by atoms with Crippen LogP contribution in [-0.2, 0) is 15.1 Å². The third-order valence-corrected chi connectivity index (χ3v) is 3.51. The lowest BCUT2D eigenvalue weighted by atomic mass is 9.91. The normalized spacial score (nSPS) is 14.2. The van der Waals surface area contributed by atoms with Crippen LogP contribution in [0.4, 0.5) is 4.39 Å². The average Bonchev–Trinajstić information content (AvgIpc) is 2.39. The van der Waals surface area contributed by atoms with Gasteiger partial charge in [-0.05, 0) is 44.5 Å². The molecule has 0 aliphatic rings. The molecule has 1 atom stereocenters. The number of ether oxygens (including phenoxy) is 1. The Morgan fingerprint density at radius 2 is 2.15 bits per heavy atom. The number of hydrogen-bond donors (Lipinski definition) is 1. The van der Waals surface area contributed by atoms with E-state index >= 15 is 0 Å². The molecular formula is C15H21BrFNO2. The number of hydrogen-bond acceptors (Lipinski definition) is 3. The summed E-state index contributed by atoms with van der Waals surface area (Å²) in [5.74, 6) is -0.573. The molecule has 1 N–H and O–H groups in total. The van der Waals surface area contributed by atoms with Crippen molar-refractivity contribution in [2.45, 2.75) is 33.2 Å². The van der Waals surface area contributed by atoms with Gasteiger partial charge in [-0.25, -0.2) is 9.18 Å². The van der Waals surface area contributed by atoms with Crippen LogP contribution in [0.3, 0.4) is 0 Å². The molecule has 1 rings (SSSR count). The zero-order chi connectivity index (χ0) is 15.3. The van der Waals surface area contributed by atoms with Crippen molar-refractivity contribution in [3.8, 4) is 0 Å². The predicted molar refractivity (Wildman–Crippen MR) is 80.9 cm³/mol. The van der Waals surface area contributed by atoms with Gasteiger partial charge in [0.15, 0.2) is 0 Å². The Bertz CT molecular complexity index is 479. The molecule has 0 aliphatic heterocycles. The van der Waals surface area contributed by atoms with Crippen LogP contribution in [0.1, 0.15) is 33.3 Å². The third-order valence-electron chi connectivity index (χ3n) is 3.01. The Balaban J connectivity index is 3.21. The van der Waals surface area contributed by atoms with Gasteiger partial charge in [-0.15, -0.1) is 0 Å². The zero-order valence-electron chi connectivity index (χ0n) is 12.3. The molecule has 0 spiro atoms. The van der Waals surface area contributed by atoms with Gasteiger partial charge < -0.3 is 4.74 Å². The largest absolute Gasteiger partial charge is 0.464 e. The van der Waals surface area contributed by atoms with Crippen molar-refractivity contribution in [1.29, 1.82) is 0 Å². The Morgan fingerprint density at radius 3 is 2.70 bits per heavy atom. The Kier molecular flexibility index (Phi) is 6.14. The second-order valence-electron chi connectivity index (χ2n) is 5.24. The molecule has 0 saturated carbocycles. The zero-order valence-corrected chi connectivity index (χ0v) is 13.9. The van der Waals surface area contributed by atoms with E-state index in [1.54, 1.807) is 26.0 Å². The Morgan fingerprint density at radius 1 is 1.50 bits per heavy atom. The van der Waals surface area contributed by atoms with Crippen molar-refractivity contribution >= 4 is 21.9 Å². The van der Waals surface area contributed by atoms with Crippen LogP contribution < -0.4 is 5.32 Å². The van der Waals surface area contributed by atoms with Gasteiger partial charge in [0.1, 0.15) is 11.4 Å². The van der Waals surface area contributed by atoms with Gasteiger partial charge in [-0.2, -0.15) is 0 Å². The van der Waals surface area contributed by atoms with Gasteiger partial charge in [0.25, 0.3) is 0 Å². The van der Waals surface area contributed by atoms with Gasteiger partial charge in [0.05, 0.1) is 6.61 Å². The van der Waals surface area contributed by atoms with Crippen molar-refractivity contribution in [3.63, 3.8) is 0 Å². The fraction of sp³-hybridized carbons (Fsp3) is 0.533. The van der Waals surface area contributed by atoms with Gasteiger partial charge >= 0.3 is 5.97 Å². The number of halogens is 2. The summed E-state index contributed by atoms with van der Waals surface area (Å²) >= 11 is 3.31. The van der Waals surface area contributed by atoms with Crippen LogP contribution in [0.5, 0.6) is 0 Å². The van der Waals surface area contributed by atoms with Crippen LogP contribution >= 0.6 is 15.9 Å². The highest BCUT2D eigenvalue weighted by molar-refractivity contribution is 9.10. The van der Waals surface area contributed by atoms with Crippen LogP contribution in [0.2, 0.25) is 0 Å². The molecule has 0 aromatic heterocycles. The quantitative estimate of drug-likeness (QED) is 0.800. The first-order valence-corrected chi connectivity index (χ1v) is 7.48. The summed E-state index contributed by atoms with van der Waals surface area (Å²) in [5, 5.41) is 3.13. The second-order valence-corrected chi connectivity index (χ2v) is 6.16. The van der Waals surface area contributed by atoms with Crippen molar-refractivity contribution in [1.82, 2.24) is 5.32 Å². The molecule has 0 amide bonds. The summed E-state index contributed by atoms with van der Waals surface area (Å²) in [6, 6.07) is 4.56. The summed E-state index contributed by atoms with van der Waals surface area (Å²) in [7, 11) is 0. The first kappa shape index (κ1) is 17.1. The lowest BCUT2D eigenvalue weighted by Gasteiger charge is -2.30. The molecule has 1 aromatic rings. The lowest BCUT2D eigenvalue weighted by Crippen LogP contribution is -2.49. The molecule has 3 nitrogen and oxygen atoms in total. The number of nitrogens with one attached hydrogen (secondary N) is 1. The molecule has 112 valence electrons. The summed E-state index contributed by atoms with van der Waals surface area (Å²) in [5.41, 5.74) is -0.917. The number of carbonyl (C=O) groups excluding carboxylic acids is 1. The highest BCUT2D eigenvalue weighted by atomic mass is 79.9. The topological polar surface area (TPSA) is 38.3 Å². The monoisotopic (exact) mass is 345 g/mol. The maximum Gasteiger partial charge on any atom is 0.330 e. The number of rotatable bonds is 6. The molecule has 0 bridgehead atoms. The van der Waals surface area contributed by atoms with Crippen molar-refractivity contribution in [2.75, 3.05) is 13.2 Å². The van der Waals surface area contributed by atoms with E-state index in [1.165, 1.54) is 6.07 Å². The van der Waals surface area contributed by atoms with Crippen LogP contribution in [-0.4, -0.2) is 19.1 Å². The van der Waals surface area contributed by atoms with Gasteiger partial charge in [0, 0.05) is 10.0 Å². The van der Waals surface area contributed by atoms with Crippen molar-refractivity contribution in [2.24, 2.45) is 5.92 Å². The minimum absolute atomic E-state index is 0.257. The van der Waals surface area contributed by atoms with Crippen LogP contribution in [0.15, 0.2) is 22.7 Å². The fourth-order valence-electron chi connectivity index (χ4n) is 1.84. The van der Waals surface area contributed by atoms with Crippen molar-refractivity contribution < 1.29 is 13.9 Å². The Labute approximate surface area is 128 Å². The van der Waals surface area contributed by atoms with Gasteiger partial charge in [-0.3, -0.25) is 5.32 Å². The number of carbonyl (C=O) groups is 1. The third kappa shape index (κ3) is 4.03. The summed E-state index contributed by atoms with van der Waals surface area (Å²) in [6.45, 7) is 8.27. The van der Waals surface area contributed by atoms with Gasteiger partial charge in [-0.1, -0.05) is 29.8 Å². The van der Waals surface area contributed by atoms with E-state index in [0.717, 1.165) is 4.47 Å². The first-order valence-electron chi connectivity index (χ1n) is 6.69. The first-order chi connectivity index (χ1) is 9.31. The highest BCUT2D eigenvalue weighted by Crippen LogP contribution is 2.28. The molecule has 0 saturated heterocycles. The molecule has 0 heterocycles. The van der Waals surface area contributed by atoms with E-state index in [9.17, 15) is 9.18 Å².